The van der Waals surface area contributed by atoms with E-state index in [0.29, 0.717) is 18.4 Å². The maximum absolute atomic E-state index is 9.36. The molecule has 0 aliphatic heterocycles. The molecule has 1 aliphatic carbocycles. The van der Waals surface area contributed by atoms with Gasteiger partial charge in [-0.1, -0.05) is 6.92 Å². The molecule has 2 N–H and O–H groups in total. The van der Waals surface area contributed by atoms with Crippen LogP contribution in [-0.2, 0) is 0 Å². The third kappa shape index (κ3) is 2.85. The molecule has 1 saturated carbocycles. The van der Waals surface area contributed by atoms with Crippen LogP contribution in [0.25, 0.3) is 0 Å². The third-order valence-electron chi connectivity index (χ3n) is 3.07. The summed E-state index contributed by atoms with van der Waals surface area (Å²) >= 11 is 0. The average Bonchev–Trinajstić information content (AvgIpc) is 2.32. The third-order valence-corrected chi connectivity index (χ3v) is 3.07. The SMILES string of the molecule is CCCOc1ccnc(NC2(CO)CCC2)n1. The molecule has 0 unspecified atom stereocenters. The Hall–Kier alpha value is -1.36. The fraction of sp³-hybridized carbons (Fsp3) is 0.667. The second-order valence-electron chi connectivity index (χ2n) is 4.48. The largest absolute Gasteiger partial charge is 0.478 e. The first-order chi connectivity index (χ1) is 8.28. The number of rotatable bonds is 6. The minimum Gasteiger partial charge on any atom is -0.478 e. The molecule has 1 aliphatic rings. The molecular weight excluding hydrogens is 218 g/mol. The van der Waals surface area contributed by atoms with Crippen molar-refractivity contribution in [2.45, 2.75) is 38.1 Å². The summed E-state index contributed by atoms with van der Waals surface area (Å²) in [6, 6.07) is 1.74. The second-order valence-corrected chi connectivity index (χ2v) is 4.48. The van der Waals surface area contributed by atoms with Crippen LogP contribution in [0.1, 0.15) is 32.6 Å². The average molecular weight is 237 g/mol. The van der Waals surface area contributed by atoms with Crippen molar-refractivity contribution < 1.29 is 9.84 Å². The zero-order valence-corrected chi connectivity index (χ0v) is 10.1. The highest BCUT2D eigenvalue weighted by molar-refractivity contribution is 5.33. The van der Waals surface area contributed by atoms with Gasteiger partial charge in [-0.25, -0.2) is 4.98 Å². The molecule has 2 rings (SSSR count). The van der Waals surface area contributed by atoms with E-state index in [2.05, 4.69) is 22.2 Å². The Kier molecular flexibility index (Phi) is 3.78. The maximum Gasteiger partial charge on any atom is 0.226 e. The highest BCUT2D eigenvalue weighted by atomic mass is 16.5. The summed E-state index contributed by atoms with van der Waals surface area (Å²) in [7, 11) is 0. The van der Waals surface area contributed by atoms with E-state index in [1.807, 2.05) is 0 Å². The van der Waals surface area contributed by atoms with Gasteiger partial charge >= 0.3 is 0 Å². The van der Waals surface area contributed by atoms with Gasteiger partial charge in [0.15, 0.2) is 0 Å². The summed E-state index contributed by atoms with van der Waals surface area (Å²) in [5.74, 6) is 1.11. The zero-order valence-electron chi connectivity index (χ0n) is 10.1. The lowest BCUT2D eigenvalue weighted by molar-refractivity contribution is 0.143. The number of nitrogens with one attached hydrogen (secondary N) is 1. The summed E-state index contributed by atoms with van der Waals surface area (Å²) in [6.45, 7) is 2.83. The monoisotopic (exact) mass is 237 g/mol. The van der Waals surface area contributed by atoms with Crippen molar-refractivity contribution in [2.24, 2.45) is 0 Å². The molecule has 1 aromatic rings. The zero-order chi connectivity index (χ0) is 12.1. The fourth-order valence-corrected chi connectivity index (χ4v) is 1.85. The number of hydrogen-bond donors (Lipinski definition) is 2. The van der Waals surface area contributed by atoms with Crippen molar-refractivity contribution in [2.75, 3.05) is 18.5 Å². The summed E-state index contributed by atoms with van der Waals surface area (Å²) in [4.78, 5) is 8.42. The molecule has 1 aromatic heterocycles. The Labute approximate surface area is 101 Å². The van der Waals surface area contributed by atoms with Crippen LogP contribution in [0.4, 0.5) is 5.95 Å². The predicted octanol–water partition coefficient (Wildman–Crippen LogP) is 1.59. The minimum atomic E-state index is -0.219. The van der Waals surface area contributed by atoms with Crippen LogP contribution in [0.5, 0.6) is 5.88 Å². The quantitative estimate of drug-likeness (QED) is 0.786. The number of anilines is 1. The Morgan fingerprint density at radius 3 is 2.94 bits per heavy atom. The van der Waals surface area contributed by atoms with E-state index in [9.17, 15) is 5.11 Å². The lowest BCUT2D eigenvalue weighted by Crippen LogP contribution is -2.48. The first-order valence-corrected chi connectivity index (χ1v) is 6.13. The summed E-state index contributed by atoms with van der Waals surface area (Å²) in [5, 5.41) is 12.6. The summed E-state index contributed by atoms with van der Waals surface area (Å²) < 4.78 is 5.44. The molecule has 5 heteroatoms. The van der Waals surface area contributed by atoms with Gasteiger partial charge in [-0.2, -0.15) is 4.98 Å². The molecule has 5 nitrogen and oxygen atoms in total. The number of aliphatic hydroxyl groups excluding tert-OH is 1. The molecule has 0 spiro atoms. The first kappa shape index (κ1) is 12.1. The number of ether oxygens (including phenoxy) is 1. The number of hydrogen-bond acceptors (Lipinski definition) is 5. The van der Waals surface area contributed by atoms with Gasteiger partial charge in [-0.15, -0.1) is 0 Å². The Morgan fingerprint density at radius 1 is 1.53 bits per heavy atom. The van der Waals surface area contributed by atoms with E-state index < -0.39 is 0 Å². The van der Waals surface area contributed by atoms with Gasteiger partial charge in [0.05, 0.1) is 18.8 Å². The molecule has 0 amide bonds. The summed E-state index contributed by atoms with van der Waals surface area (Å²) in [6.07, 6.45) is 5.69. The van der Waals surface area contributed by atoms with Crippen molar-refractivity contribution in [1.82, 2.24) is 9.97 Å². The smallest absolute Gasteiger partial charge is 0.226 e. The van der Waals surface area contributed by atoms with Crippen molar-refractivity contribution in [1.29, 1.82) is 0 Å². The number of aliphatic hydroxyl groups is 1. The lowest BCUT2D eigenvalue weighted by atomic mass is 9.77. The minimum absolute atomic E-state index is 0.121. The highest BCUT2D eigenvalue weighted by Crippen LogP contribution is 2.34. The van der Waals surface area contributed by atoms with Gasteiger partial charge in [-0.3, -0.25) is 0 Å². The molecule has 1 fully saturated rings. The molecule has 0 aromatic carbocycles. The second kappa shape index (κ2) is 5.31. The summed E-state index contributed by atoms with van der Waals surface area (Å²) in [5.41, 5.74) is -0.219. The molecule has 0 atom stereocenters. The molecule has 0 radical (unpaired) electrons. The van der Waals surface area contributed by atoms with Crippen LogP contribution in [-0.4, -0.2) is 33.8 Å². The molecule has 0 saturated heterocycles. The molecule has 17 heavy (non-hydrogen) atoms. The van der Waals surface area contributed by atoms with Gasteiger partial charge in [0.1, 0.15) is 0 Å². The van der Waals surface area contributed by atoms with E-state index in [0.717, 1.165) is 25.7 Å². The number of nitrogens with zero attached hydrogens (tertiary/aromatic N) is 2. The van der Waals surface area contributed by atoms with Crippen LogP contribution < -0.4 is 10.1 Å². The van der Waals surface area contributed by atoms with Crippen molar-refractivity contribution >= 4 is 5.95 Å². The number of aromatic nitrogens is 2. The molecule has 1 heterocycles. The van der Waals surface area contributed by atoms with Crippen LogP contribution in [0.15, 0.2) is 12.3 Å². The van der Waals surface area contributed by atoms with E-state index in [4.69, 9.17) is 4.74 Å². The van der Waals surface area contributed by atoms with Gasteiger partial charge in [0.25, 0.3) is 0 Å². The maximum atomic E-state index is 9.36. The van der Waals surface area contributed by atoms with Gasteiger partial charge < -0.3 is 15.2 Å². The molecular formula is C12H19N3O2. The van der Waals surface area contributed by atoms with Crippen LogP contribution in [0.2, 0.25) is 0 Å². The van der Waals surface area contributed by atoms with Crippen molar-refractivity contribution in [3.8, 4) is 5.88 Å². The normalized spacial score (nSPS) is 17.3. The van der Waals surface area contributed by atoms with Crippen LogP contribution >= 0.6 is 0 Å². The standard InChI is InChI=1S/C12H19N3O2/c1-2-8-17-10-4-7-13-11(14-10)15-12(9-16)5-3-6-12/h4,7,16H,2-3,5-6,8-9H2,1H3,(H,13,14,15). The first-order valence-electron chi connectivity index (χ1n) is 6.13. The van der Waals surface area contributed by atoms with E-state index in [-0.39, 0.29) is 12.1 Å². The van der Waals surface area contributed by atoms with E-state index >= 15 is 0 Å². The van der Waals surface area contributed by atoms with Gasteiger partial charge in [0, 0.05) is 12.3 Å². The Morgan fingerprint density at radius 2 is 2.35 bits per heavy atom. The van der Waals surface area contributed by atoms with E-state index in [1.165, 1.54) is 0 Å². The van der Waals surface area contributed by atoms with Gasteiger partial charge in [-0.05, 0) is 25.7 Å². The fourth-order valence-electron chi connectivity index (χ4n) is 1.85. The van der Waals surface area contributed by atoms with E-state index in [1.54, 1.807) is 12.3 Å². The molecule has 94 valence electrons. The lowest BCUT2D eigenvalue weighted by Gasteiger charge is -2.40. The predicted molar refractivity (Wildman–Crippen MR) is 65.1 cm³/mol. The Balaban J connectivity index is 2.00. The van der Waals surface area contributed by atoms with Crippen LogP contribution in [0.3, 0.4) is 0 Å². The van der Waals surface area contributed by atoms with Gasteiger partial charge in [0.2, 0.25) is 11.8 Å². The topological polar surface area (TPSA) is 67.3 Å². The Bertz CT molecular complexity index is 361. The highest BCUT2D eigenvalue weighted by Gasteiger charge is 2.36. The van der Waals surface area contributed by atoms with Crippen LogP contribution in [0, 0.1) is 0 Å². The van der Waals surface area contributed by atoms with Crippen molar-refractivity contribution in [3.63, 3.8) is 0 Å². The van der Waals surface area contributed by atoms with Crippen molar-refractivity contribution in [3.05, 3.63) is 12.3 Å². The molecule has 0 bridgehead atoms.